The number of halogens is 1. The highest BCUT2D eigenvalue weighted by atomic mass is 35.5. The van der Waals surface area contributed by atoms with E-state index in [4.69, 9.17) is 11.6 Å². The molecule has 8 nitrogen and oxygen atoms in total. The summed E-state index contributed by atoms with van der Waals surface area (Å²) in [7, 11) is 0. The monoisotopic (exact) mass is 302 g/mol. The molecule has 21 heavy (non-hydrogen) atoms. The van der Waals surface area contributed by atoms with Crippen molar-refractivity contribution in [1.82, 2.24) is 34.7 Å². The van der Waals surface area contributed by atoms with Crippen molar-refractivity contribution in [3.63, 3.8) is 0 Å². The minimum Gasteiger partial charge on any atom is -0.350 e. The van der Waals surface area contributed by atoms with Gasteiger partial charge in [-0.05, 0) is 35.7 Å². The highest BCUT2D eigenvalue weighted by Crippen LogP contribution is 2.11. The normalized spacial score (nSPS) is 10.6. The molecule has 0 bridgehead atoms. The Bertz CT molecular complexity index is 743. The first-order chi connectivity index (χ1) is 10.2. The molecule has 3 aromatic heterocycles. The second kappa shape index (κ2) is 5.80. The van der Waals surface area contributed by atoms with Crippen molar-refractivity contribution in [1.29, 1.82) is 0 Å². The predicted molar refractivity (Wildman–Crippen MR) is 76.1 cm³/mol. The van der Waals surface area contributed by atoms with E-state index in [2.05, 4.69) is 35.3 Å². The van der Waals surface area contributed by atoms with Crippen molar-refractivity contribution >= 4 is 17.5 Å². The average Bonchev–Trinajstić information content (AvgIpc) is 3.00. The van der Waals surface area contributed by atoms with E-state index >= 15 is 0 Å². The van der Waals surface area contributed by atoms with E-state index in [0.717, 1.165) is 11.1 Å². The van der Waals surface area contributed by atoms with Crippen LogP contribution in [0.15, 0.2) is 31.1 Å². The van der Waals surface area contributed by atoms with Gasteiger partial charge in [0.1, 0.15) is 12.7 Å². The van der Waals surface area contributed by atoms with E-state index in [1.54, 1.807) is 12.4 Å². The number of anilines is 1. The molecular formula is C12H11ClN8. The van der Waals surface area contributed by atoms with Gasteiger partial charge < -0.3 is 5.32 Å². The number of aromatic nitrogens is 7. The number of nitrogens with one attached hydrogen (secondary N) is 1. The van der Waals surface area contributed by atoms with E-state index in [-0.39, 0.29) is 5.28 Å². The van der Waals surface area contributed by atoms with Crippen LogP contribution in [0.2, 0.25) is 5.28 Å². The van der Waals surface area contributed by atoms with Gasteiger partial charge in [0.25, 0.3) is 5.95 Å². The number of rotatable bonds is 4. The molecule has 0 aliphatic rings. The van der Waals surface area contributed by atoms with Crippen LogP contribution in [-0.4, -0.2) is 34.7 Å². The lowest BCUT2D eigenvalue weighted by Gasteiger charge is -2.08. The van der Waals surface area contributed by atoms with Crippen LogP contribution in [-0.2, 0) is 6.54 Å². The SMILES string of the molecule is Cc1ccncc1CNc1nc(Cl)nc(-n2cncn2)n1. The maximum Gasteiger partial charge on any atom is 0.258 e. The molecular weight excluding hydrogens is 292 g/mol. The summed E-state index contributed by atoms with van der Waals surface area (Å²) in [6, 6.07) is 1.94. The number of aryl methyl sites for hydroxylation is 1. The van der Waals surface area contributed by atoms with Crippen molar-refractivity contribution in [3.8, 4) is 5.95 Å². The summed E-state index contributed by atoms with van der Waals surface area (Å²) < 4.78 is 1.41. The summed E-state index contributed by atoms with van der Waals surface area (Å²) in [4.78, 5) is 20.2. The second-order valence-corrected chi connectivity index (χ2v) is 4.56. The maximum atomic E-state index is 5.90. The standard InChI is InChI=1S/C12H11ClN8/c1-8-2-3-14-4-9(8)5-16-11-18-10(13)19-12(20-11)21-7-15-6-17-21/h2-4,6-7H,5H2,1H3,(H,16,18,19,20). The average molecular weight is 303 g/mol. The fourth-order valence-corrected chi connectivity index (χ4v) is 1.84. The first-order valence-electron chi connectivity index (χ1n) is 6.12. The molecule has 3 heterocycles. The lowest BCUT2D eigenvalue weighted by molar-refractivity contribution is 0.793. The van der Waals surface area contributed by atoms with Crippen molar-refractivity contribution in [2.24, 2.45) is 0 Å². The Morgan fingerprint density at radius 3 is 2.90 bits per heavy atom. The van der Waals surface area contributed by atoms with E-state index in [1.165, 1.54) is 17.3 Å². The molecule has 0 saturated carbocycles. The van der Waals surface area contributed by atoms with Gasteiger partial charge in [-0.15, -0.1) is 0 Å². The minimum atomic E-state index is 0.0842. The Balaban J connectivity index is 1.81. The van der Waals surface area contributed by atoms with Gasteiger partial charge in [0.05, 0.1) is 0 Å². The van der Waals surface area contributed by atoms with Crippen molar-refractivity contribution in [2.45, 2.75) is 13.5 Å². The Morgan fingerprint density at radius 1 is 1.24 bits per heavy atom. The first kappa shape index (κ1) is 13.4. The lowest BCUT2D eigenvalue weighted by Crippen LogP contribution is -2.10. The molecule has 3 rings (SSSR count). The molecule has 0 aliphatic heterocycles. The van der Waals surface area contributed by atoms with Crippen LogP contribution < -0.4 is 5.32 Å². The fraction of sp³-hybridized carbons (Fsp3) is 0.167. The van der Waals surface area contributed by atoms with Crippen molar-refractivity contribution in [3.05, 3.63) is 47.5 Å². The summed E-state index contributed by atoms with van der Waals surface area (Å²) in [5.41, 5.74) is 2.19. The quantitative estimate of drug-likeness (QED) is 0.778. The fourth-order valence-electron chi connectivity index (χ4n) is 1.69. The number of hydrogen-bond acceptors (Lipinski definition) is 7. The zero-order valence-corrected chi connectivity index (χ0v) is 11.9. The molecule has 0 amide bonds. The number of hydrogen-bond donors (Lipinski definition) is 1. The minimum absolute atomic E-state index is 0.0842. The molecule has 0 aliphatic carbocycles. The third kappa shape index (κ3) is 3.11. The molecule has 0 spiro atoms. The molecule has 3 aromatic rings. The first-order valence-corrected chi connectivity index (χ1v) is 6.50. The largest absolute Gasteiger partial charge is 0.350 e. The summed E-state index contributed by atoms with van der Waals surface area (Å²) in [6.07, 6.45) is 6.43. The highest BCUT2D eigenvalue weighted by molar-refractivity contribution is 6.28. The van der Waals surface area contributed by atoms with Crippen molar-refractivity contribution < 1.29 is 0 Å². The van der Waals surface area contributed by atoms with Crippen LogP contribution in [0.1, 0.15) is 11.1 Å². The summed E-state index contributed by atoms with van der Waals surface area (Å²) >= 11 is 5.90. The van der Waals surface area contributed by atoms with Gasteiger partial charge in [0.15, 0.2) is 0 Å². The Morgan fingerprint density at radius 2 is 2.14 bits per heavy atom. The number of pyridine rings is 1. The van der Waals surface area contributed by atoms with Gasteiger partial charge in [0, 0.05) is 18.9 Å². The maximum absolute atomic E-state index is 5.90. The van der Waals surface area contributed by atoms with Gasteiger partial charge in [-0.3, -0.25) is 4.98 Å². The lowest BCUT2D eigenvalue weighted by atomic mass is 10.2. The predicted octanol–water partition coefficient (Wildman–Crippen LogP) is 1.42. The van der Waals surface area contributed by atoms with Crippen LogP contribution >= 0.6 is 11.6 Å². The number of nitrogens with zero attached hydrogens (tertiary/aromatic N) is 7. The van der Waals surface area contributed by atoms with E-state index in [1.807, 2.05) is 13.0 Å². The van der Waals surface area contributed by atoms with E-state index < -0.39 is 0 Å². The molecule has 0 unspecified atom stereocenters. The van der Waals surface area contributed by atoms with Gasteiger partial charge >= 0.3 is 0 Å². The van der Waals surface area contributed by atoms with Crippen LogP contribution in [0.25, 0.3) is 5.95 Å². The molecule has 9 heteroatoms. The molecule has 0 fully saturated rings. The van der Waals surface area contributed by atoms with Gasteiger partial charge in [-0.1, -0.05) is 0 Å². The van der Waals surface area contributed by atoms with Crippen LogP contribution in [0.4, 0.5) is 5.95 Å². The third-order valence-electron chi connectivity index (χ3n) is 2.80. The van der Waals surface area contributed by atoms with E-state index in [0.29, 0.717) is 18.4 Å². The topological polar surface area (TPSA) is 94.3 Å². The molecule has 0 aromatic carbocycles. The Labute approximate surface area is 125 Å². The Kier molecular flexibility index (Phi) is 3.69. The van der Waals surface area contributed by atoms with E-state index in [9.17, 15) is 0 Å². The van der Waals surface area contributed by atoms with Crippen molar-refractivity contribution in [2.75, 3.05) is 5.32 Å². The smallest absolute Gasteiger partial charge is 0.258 e. The molecule has 0 saturated heterocycles. The molecule has 0 radical (unpaired) electrons. The summed E-state index contributed by atoms with van der Waals surface area (Å²) in [5.74, 6) is 0.668. The zero-order valence-electron chi connectivity index (χ0n) is 11.1. The summed E-state index contributed by atoms with van der Waals surface area (Å²) in [5, 5.41) is 7.14. The van der Waals surface area contributed by atoms with Crippen LogP contribution in [0, 0.1) is 6.92 Å². The third-order valence-corrected chi connectivity index (χ3v) is 2.97. The van der Waals surface area contributed by atoms with Crippen LogP contribution in [0.3, 0.4) is 0 Å². The van der Waals surface area contributed by atoms with Gasteiger partial charge in [0.2, 0.25) is 11.2 Å². The van der Waals surface area contributed by atoms with Gasteiger partial charge in [-0.25, -0.2) is 4.98 Å². The van der Waals surface area contributed by atoms with Gasteiger partial charge in [-0.2, -0.15) is 24.7 Å². The molecule has 1 N–H and O–H groups in total. The summed E-state index contributed by atoms with van der Waals surface area (Å²) in [6.45, 7) is 2.55. The molecule has 106 valence electrons. The second-order valence-electron chi connectivity index (χ2n) is 4.22. The van der Waals surface area contributed by atoms with Crippen LogP contribution in [0.5, 0.6) is 0 Å². The highest BCUT2D eigenvalue weighted by Gasteiger charge is 2.08. The Hall–Kier alpha value is -2.61. The zero-order chi connectivity index (χ0) is 14.7. The molecule has 0 atom stereocenters.